The Morgan fingerprint density at radius 1 is 1.56 bits per heavy atom. The van der Waals surface area contributed by atoms with E-state index in [2.05, 4.69) is 22.0 Å². The molecule has 0 saturated carbocycles. The number of rotatable bonds is 1. The second kappa shape index (κ2) is 4.26. The van der Waals surface area contributed by atoms with Gasteiger partial charge in [-0.2, -0.15) is 5.26 Å². The average Bonchev–Trinajstić information content (AvgIpc) is 2.64. The molecule has 0 aliphatic carbocycles. The Balaban J connectivity index is 2.36. The molecule has 0 N–H and O–H groups in total. The molecule has 1 heterocycles. The zero-order chi connectivity index (χ0) is 11.7. The van der Waals surface area contributed by atoms with Crippen molar-refractivity contribution >= 4 is 27.5 Å². The summed E-state index contributed by atoms with van der Waals surface area (Å²) in [5.41, 5.74) is 1.94. The fraction of sp³-hybridized carbons (Fsp3) is 0.333. The van der Waals surface area contributed by atoms with Gasteiger partial charge in [0, 0.05) is 23.1 Å². The number of amides is 1. The fourth-order valence-electron chi connectivity index (χ4n) is 1.92. The second-order valence-corrected chi connectivity index (χ2v) is 4.77. The minimum absolute atomic E-state index is 0.0350. The van der Waals surface area contributed by atoms with Gasteiger partial charge in [-0.25, -0.2) is 0 Å². The van der Waals surface area contributed by atoms with Gasteiger partial charge in [-0.15, -0.1) is 0 Å². The third-order valence-electron chi connectivity index (χ3n) is 2.84. The molecule has 0 aromatic heterocycles. The number of nitrogens with zero attached hydrogens (tertiary/aromatic N) is 2. The lowest BCUT2D eigenvalue weighted by molar-refractivity contribution is -0.117. The minimum Gasteiger partial charge on any atom is -0.311 e. The number of carbonyl (C=O) groups excluding carboxylic acids is 1. The number of nitriles is 1. The predicted octanol–water partition coefficient (Wildman–Crippen LogP) is 2.63. The summed E-state index contributed by atoms with van der Waals surface area (Å²) in [5, 5.41) is 8.83. The van der Waals surface area contributed by atoms with Crippen LogP contribution in [-0.4, -0.2) is 12.5 Å². The number of carbonyl (C=O) groups is 1. The van der Waals surface area contributed by atoms with Crippen molar-refractivity contribution in [2.45, 2.75) is 13.3 Å². The maximum atomic E-state index is 11.8. The quantitative estimate of drug-likeness (QED) is 0.793. The van der Waals surface area contributed by atoms with E-state index in [9.17, 15) is 4.79 Å². The van der Waals surface area contributed by atoms with Crippen molar-refractivity contribution in [1.29, 1.82) is 5.26 Å². The Morgan fingerprint density at radius 2 is 2.31 bits per heavy atom. The highest BCUT2D eigenvalue weighted by atomic mass is 79.9. The van der Waals surface area contributed by atoms with Crippen molar-refractivity contribution in [3.8, 4) is 6.07 Å². The van der Waals surface area contributed by atoms with E-state index in [1.807, 2.05) is 25.1 Å². The van der Waals surface area contributed by atoms with Gasteiger partial charge < -0.3 is 4.90 Å². The molecular weight excluding hydrogens is 268 g/mol. The second-order valence-electron chi connectivity index (χ2n) is 3.92. The summed E-state index contributed by atoms with van der Waals surface area (Å²) in [6.07, 6.45) is 0.336. The van der Waals surface area contributed by atoms with Gasteiger partial charge >= 0.3 is 0 Å². The molecule has 0 bridgehead atoms. The van der Waals surface area contributed by atoms with Crippen LogP contribution in [0.2, 0.25) is 0 Å². The summed E-state index contributed by atoms with van der Waals surface area (Å²) in [4.78, 5) is 13.5. The molecule has 1 amide bonds. The smallest absolute Gasteiger partial charge is 0.228 e. The Morgan fingerprint density at radius 3 is 2.94 bits per heavy atom. The number of hydrogen-bond donors (Lipinski definition) is 0. The molecule has 1 saturated heterocycles. The summed E-state index contributed by atoms with van der Waals surface area (Å²) in [7, 11) is 0. The number of benzene rings is 1. The van der Waals surface area contributed by atoms with E-state index >= 15 is 0 Å². The summed E-state index contributed by atoms with van der Waals surface area (Å²) in [6.45, 7) is 2.47. The van der Waals surface area contributed by atoms with Crippen LogP contribution in [0.1, 0.15) is 12.0 Å². The SMILES string of the molecule is Cc1c(Br)cccc1N1CC(C#N)CC1=O. The molecule has 16 heavy (non-hydrogen) atoms. The summed E-state index contributed by atoms with van der Waals surface area (Å²) in [5.74, 6) is -0.140. The largest absolute Gasteiger partial charge is 0.311 e. The summed E-state index contributed by atoms with van der Waals surface area (Å²) < 4.78 is 0.984. The lowest BCUT2D eigenvalue weighted by atomic mass is 10.1. The topological polar surface area (TPSA) is 44.1 Å². The number of halogens is 1. The molecule has 1 aliphatic heterocycles. The van der Waals surface area contributed by atoms with Crippen molar-refractivity contribution in [2.24, 2.45) is 5.92 Å². The van der Waals surface area contributed by atoms with Crippen molar-refractivity contribution in [2.75, 3.05) is 11.4 Å². The van der Waals surface area contributed by atoms with Crippen LogP contribution < -0.4 is 4.90 Å². The van der Waals surface area contributed by atoms with Gasteiger partial charge in [-0.1, -0.05) is 22.0 Å². The third-order valence-corrected chi connectivity index (χ3v) is 3.70. The first-order chi connectivity index (χ1) is 7.63. The van der Waals surface area contributed by atoms with Crippen LogP contribution in [0, 0.1) is 24.2 Å². The van der Waals surface area contributed by atoms with Gasteiger partial charge in [0.1, 0.15) is 0 Å². The molecule has 82 valence electrons. The summed E-state index contributed by atoms with van der Waals surface area (Å²) >= 11 is 3.44. The first kappa shape index (κ1) is 11.2. The van der Waals surface area contributed by atoms with Crippen LogP contribution in [0.15, 0.2) is 22.7 Å². The summed E-state index contributed by atoms with van der Waals surface area (Å²) in [6, 6.07) is 7.92. The Hall–Kier alpha value is -1.34. The van der Waals surface area contributed by atoms with Crippen LogP contribution in [0.5, 0.6) is 0 Å². The molecule has 2 rings (SSSR count). The van der Waals surface area contributed by atoms with E-state index < -0.39 is 0 Å². The van der Waals surface area contributed by atoms with Crippen molar-refractivity contribution in [3.05, 3.63) is 28.2 Å². The zero-order valence-corrected chi connectivity index (χ0v) is 10.5. The Labute approximate surface area is 103 Å². The number of anilines is 1. The lowest BCUT2D eigenvalue weighted by Gasteiger charge is -2.19. The van der Waals surface area contributed by atoms with Crippen LogP contribution >= 0.6 is 15.9 Å². The van der Waals surface area contributed by atoms with Gasteiger partial charge in [-0.05, 0) is 24.6 Å². The van der Waals surface area contributed by atoms with E-state index in [4.69, 9.17) is 5.26 Å². The fourth-order valence-corrected chi connectivity index (χ4v) is 2.27. The minimum atomic E-state index is -0.175. The van der Waals surface area contributed by atoms with E-state index in [0.29, 0.717) is 13.0 Å². The van der Waals surface area contributed by atoms with Gasteiger partial charge in [-0.3, -0.25) is 4.79 Å². The molecule has 1 atom stereocenters. The van der Waals surface area contributed by atoms with Crippen LogP contribution in [-0.2, 0) is 4.79 Å². The molecule has 1 fully saturated rings. The van der Waals surface area contributed by atoms with Crippen molar-refractivity contribution in [3.63, 3.8) is 0 Å². The van der Waals surface area contributed by atoms with Gasteiger partial charge in [0.15, 0.2) is 0 Å². The highest BCUT2D eigenvalue weighted by Gasteiger charge is 2.31. The maximum absolute atomic E-state index is 11.8. The van der Waals surface area contributed by atoms with Gasteiger partial charge in [0.2, 0.25) is 5.91 Å². The molecule has 0 spiro atoms. The zero-order valence-electron chi connectivity index (χ0n) is 8.90. The van der Waals surface area contributed by atoms with Crippen molar-refractivity contribution in [1.82, 2.24) is 0 Å². The highest BCUT2D eigenvalue weighted by molar-refractivity contribution is 9.10. The van der Waals surface area contributed by atoms with E-state index in [0.717, 1.165) is 15.7 Å². The average molecular weight is 279 g/mol. The first-order valence-corrected chi connectivity index (χ1v) is 5.88. The first-order valence-electron chi connectivity index (χ1n) is 5.08. The lowest BCUT2D eigenvalue weighted by Crippen LogP contribution is -2.25. The van der Waals surface area contributed by atoms with E-state index in [1.165, 1.54) is 0 Å². The standard InChI is InChI=1S/C12H11BrN2O/c1-8-10(13)3-2-4-11(8)15-7-9(6-14)5-12(15)16/h2-4,9H,5,7H2,1H3. The van der Waals surface area contributed by atoms with Crippen LogP contribution in [0.4, 0.5) is 5.69 Å². The Bertz CT molecular complexity index is 478. The van der Waals surface area contributed by atoms with Gasteiger partial charge in [0.05, 0.1) is 12.0 Å². The van der Waals surface area contributed by atoms with E-state index in [1.54, 1.807) is 4.90 Å². The molecule has 1 aliphatic rings. The normalized spacial score (nSPS) is 19.9. The molecule has 0 radical (unpaired) electrons. The molecule has 4 heteroatoms. The highest BCUT2D eigenvalue weighted by Crippen LogP contribution is 2.31. The molecule has 3 nitrogen and oxygen atoms in total. The molecular formula is C12H11BrN2O. The third kappa shape index (κ3) is 1.83. The molecule has 1 aromatic rings. The maximum Gasteiger partial charge on any atom is 0.228 e. The van der Waals surface area contributed by atoms with E-state index in [-0.39, 0.29) is 11.8 Å². The number of hydrogen-bond acceptors (Lipinski definition) is 2. The van der Waals surface area contributed by atoms with Crippen molar-refractivity contribution < 1.29 is 4.79 Å². The molecule has 1 aromatic carbocycles. The monoisotopic (exact) mass is 278 g/mol. The van der Waals surface area contributed by atoms with Gasteiger partial charge in [0.25, 0.3) is 0 Å². The van der Waals surface area contributed by atoms with Crippen LogP contribution in [0.25, 0.3) is 0 Å². The predicted molar refractivity (Wildman–Crippen MR) is 65.0 cm³/mol. The van der Waals surface area contributed by atoms with Crippen LogP contribution in [0.3, 0.4) is 0 Å². The Kier molecular flexibility index (Phi) is 2.97. The molecule has 1 unspecified atom stereocenters.